The summed E-state index contributed by atoms with van der Waals surface area (Å²) in [5, 5.41) is 3.28. The fraction of sp³-hybridized carbons (Fsp3) is 0.688. The fourth-order valence-electron chi connectivity index (χ4n) is 3.07. The zero-order valence-electron chi connectivity index (χ0n) is 13.0. The van der Waals surface area contributed by atoms with Crippen LogP contribution in [0.1, 0.15) is 31.0 Å². The van der Waals surface area contributed by atoms with Gasteiger partial charge in [0.25, 0.3) is 0 Å². The van der Waals surface area contributed by atoms with Gasteiger partial charge in [-0.15, -0.1) is 0 Å². The predicted molar refractivity (Wildman–Crippen MR) is 81.7 cm³/mol. The average molecular weight is 295 g/mol. The Balaban J connectivity index is 1.83. The van der Waals surface area contributed by atoms with Crippen LogP contribution in [0.25, 0.3) is 0 Å². The maximum atomic E-state index is 12.9. The zero-order chi connectivity index (χ0) is 15.1. The molecule has 1 aromatic rings. The van der Waals surface area contributed by atoms with E-state index in [0.717, 1.165) is 38.4 Å². The van der Waals surface area contributed by atoms with E-state index in [9.17, 15) is 4.39 Å². The van der Waals surface area contributed by atoms with Gasteiger partial charge in [-0.05, 0) is 50.9 Å². The van der Waals surface area contributed by atoms with Crippen molar-refractivity contribution in [3.63, 3.8) is 0 Å². The van der Waals surface area contributed by atoms with Crippen molar-refractivity contribution in [1.82, 2.24) is 15.2 Å². The van der Waals surface area contributed by atoms with E-state index in [4.69, 9.17) is 4.74 Å². The van der Waals surface area contributed by atoms with Gasteiger partial charge in [-0.1, -0.05) is 0 Å². The van der Waals surface area contributed by atoms with Gasteiger partial charge in [0.15, 0.2) is 0 Å². The minimum Gasteiger partial charge on any atom is -0.384 e. The van der Waals surface area contributed by atoms with Crippen LogP contribution < -0.4 is 5.32 Å². The number of methoxy groups -OCH3 is 1. The van der Waals surface area contributed by atoms with Crippen molar-refractivity contribution < 1.29 is 9.13 Å². The average Bonchev–Trinajstić information content (AvgIpc) is 2.50. The van der Waals surface area contributed by atoms with E-state index in [-0.39, 0.29) is 11.9 Å². The molecule has 2 unspecified atom stereocenters. The number of likely N-dealkylation sites (tertiary alicyclic amines) is 1. The van der Waals surface area contributed by atoms with Gasteiger partial charge in [0, 0.05) is 20.2 Å². The number of pyridine rings is 1. The molecule has 0 spiro atoms. The molecule has 0 amide bonds. The Morgan fingerprint density at radius 2 is 2.38 bits per heavy atom. The third-order valence-corrected chi connectivity index (χ3v) is 4.20. The van der Waals surface area contributed by atoms with Crippen LogP contribution in [-0.2, 0) is 4.74 Å². The van der Waals surface area contributed by atoms with E-state index in [2.05, 4.69) is 15.2 Å². The Morgan fingerprint density at radius 3 is 3.05 bits per heavy atom. The van der Waals surface area contributed by atoms with Crippen LogP contribution in [0.5, 0.6) is 0 Å². The first-order valence-corrected chi connectivity index (χ1v) is 7.73. The minimum atomic E-state index is -0.285. The van der Waals surface area contributed by atoms with Crippen molar-refractivity contribution in [2.45, 2.75) is 25.3 Å². The highest BCUT2D eigenvalue weighted by atomic mass is 19.1. The molecule has 5 heteroatoms. The summed E-state index contributed by atoms with van der Waals surface area (Å²) in [6.07, 6.45) is 4.77. The van der Waals surface area contributed by atoms with Gasteiger partial charge in [-0.3, -0.25) is 4.98 Å². The Morgan fingerprint density at radius 1 is 1.52 bits per heavy atom. The van der Waals surface area contributed by atoms with Gasteiger partial charge in [-0.25, -0.2) is 4.39 Å². The van der Waals surface area contributed by atoms with Crippen molar-refractivity contribution >= 4 is 0 Å². The van der Waals surface area contributed by atoms with Crippen LogP contribution in [0.3, 0.4) is 0 Å². The lowest BCUT2D eigenvalue weighted by atomic mass is 9.98. The Hall–Kier alpha value is -1.04. The molecule has 0 aromatic carbocycles. The van der Waals surface area contributed by atoms with E-state index < -0.39 is 0 Å². The van der Waals surface area contributed by atoms with Gasteiger partial charge in [0.1, 0.15) is 5.82 Å². The second-order valence-electron chi connectivity index (χ2n) is 5.80. The molecular weight excluding hydrogens is 269 g/mol. The molecule has 1 aliphatic heterocycles. The van der Waals surface area contributed by atoms with Crippen LogP contribution in [0.15, 0.2) is 18.3 Å². The molecule has 0 aliphatic carbocycles. The monoisotopic (exact) mass is 295 g/mol. The number of piperidine rings is 1. The molecule has 2 rings (SSSR count). The number of halogens is 1. The van der Waals surface area contributed by atoms with E-state index >= 15 is 0 Å². The molecule has 1 aromatic heterocycles. The maximum Gasteiger partial charge on any atom is 0.141 e. The van der Waals surface area contributed by atoms with Crippen LogP contribution in [0.2, 0.25) is 0 Å². The van der Waals surface area contributed by atoms with Crippen molar-refractivity contribution in [2.24, 2.45) is 5.92 Å². The van der Waals surface area contributed by atoms with Gasteiger partial charge in [-0.2, -0.15) is 0 Å². The zero-order valence-corrected chi connectivity index (χ0v) is 13.0. The molecule has 2 atom stereocenters. The lowest BCUT2D eigenvalue weighted by Gasteiger charge is -2.33. The van der Waals surface area contributed by atoms with E-state index in [1.807, 2.05) is 7.05 Å². The van der Waals surface area contributed by atoms with Crippen molar-refractivity contribution in [2.75, 3.05) is 40.4 Å². The molecule has 4 nitrogen and oxygen atoms in total. The SMILES string of the molecule is CNC(CCN1CCCC(COC)C1)c1ccc(F)cn1. The largest absolute Gasteiger partial charge is 0.384 e. The molecule has 0 bridgehead atoms. The Bertz CT molecular complexity index is 410. The number of hydrogen-bond donors (Lipinski definition) is 1. The van der Waals surface area contributed by atoms with E-state index in [1.54, 1.807) is 13.2 Å². The van der Waals surface area contributed by atoms with Crippen molar-refractivity contribution in [3.05, 3.63) is 29.8 Å². The van der Waals surface area contributed by atoms with Crippen molar-refractivity contribution in [3.8, 4) is 0 Å². The molecule has 1 aliphatic rings. The molecule has 0 radical (unpaired) electrons. The molecule has 2 heterocycles. The number of ether oxygens (including phenoxy) is 1. The molecule has 0 saturated carbocycles. The second kappa shape index (κ2) is 8.41. The van der Waals surface area contributed by atoms with Gasteiger partial charge in [0.2, 0.25) is 0 Å². The summed E-state index contributed by atoms with van der Waals surface area (Å²) >= 11 is 0. The van der Waals surface area contributed by atoms with Gasteiger partial charge >= 0.3 is 0 Å². The van der Waals surface area contributed by atoms with Crippen LogP contribution in [-0.4, -0.2) is 50.3 Å². The first-order valence-electron chi connectivity index (χ1n) is 7.73. The minimum absolute atomic E-state index is 0.174. The highest BCUT2D eigenvalue weighted by Crippen LogP contribution is 2.20. The summed E-state index contributed by atoms with van der Waals surface area (Å²) in [5.41, 5.74) is 0.907. The first-order chi connectivity index (χ1) is 10.2. The van der Waals surface area contributed by atoms with Crippen molar-refractivity contribution in [1.29, 1.82) is 0 Å². The third-order valence-electron chi connectivity index (χ3n) is 4.20. The Labute approximate surface area is 126 Å². The van der Waals surface area contributed by atoms with Gasteiger partial charge < -0.3 is 15.0 Å². The molecule has 21 heavy (non-hydrogen) atoms. The smallest absolute Gasteiger partial charge is 0.141 e. The van der Waals surface area contributed by atoms with Crippen LogP contribution >= 0.6 is 0 Å². The standard InChI is InChI=1S/C16H26FN3O/c1-18-15(16-6-5-14(17)10-19-16)7-9-20-8-3-4-13(11-20)12-21-2/h5-6,10,13,15,18H,3-4,7-9,11-12H2,1-2H3. The lowest BCUT2D eigenvalue weighted by molar-refractivity contribution is 0.0887. The lowest BCUT2D eigenvalue weighted by Crippen LogP contribution is -2.38. The summed E-state index contributed by atoms with van der Waals surface area (Å²) in [6, 6.07) is 3.41. The van der Waals surface area contributed by atoms with Crippen LogP contribution in [0.4, 0.5) is 4.39 Å². The third kappa shape index (κ3) is 5.02. The summed E-state index contributed by atoms with van der Waals surface area (Å²) in [7, 11) is 3.70. The summed E-state index contributed by atoms with van der Waals surface area (Å²) in [6.45, 7) is 4.16. The maximum absolute atomic E-state index is 12.9. The number of hydrogen-bond acceptors (Lipinski definition) is 4. The number of nitrogens with one attached hydrogen (secondary N) is 1. The highest BCUT2D eigenvalue weighted by molar-refractivity contribution is 5.09. The van der Waals surface area contributed by atoms with E-state index in [0.29, 0.717) is 5.92 Å². The Kier molecular flexibility index (Phi) is 6.54. The van der Waals surface area contributed by atoms with Crippen LogP contribution in [0, 0.1) is 11.7 Å². The molecular formula is C16H26FN3O. The molecule has 1 N–H and O–H groups in total. The summed E-state index contributed by atoms with van der Waals surface area (Å²) in [4.78, 5) is 6.68. The first kappa shape index (κ1) is 16.3. The number of aromatic nitrogens is 1. The number of rotatable bonds is 7. The predicted octanol–water partition coefficient (Wildman–Crippen LogP) is 2.23. The quantitative estimate of drug-likeness (QED) is 0.837. The van der Waals surface area contributed by atoms with Gasteiger partial charge in [0.05, 0.1) is 24.5 Å². The number of nitrogens with zero attached hydrogens (tertiary/aromatic N) is 2. The molecule has 1 saturated heterocycles. The molecule has 118 valence electrons. The normalized spacial score (nSPS) is 21.4. The summed E-state index contributed by atoms with van der Waals surface area (Å²) < 4.78 is 18.2. The summed E-state index contributed by atoms with van der Waals surface area (Å²) in [5.74, 6) is 0.368. The highest BCUT2D eigenvalue weighted by Gasteiger charge is 2.21. The van der Waals surface area contributed by atoms with E-state index in [1.165, 1.54) is 25.1 Å². The fourth-order valence-corrected chi connectivity index (χ4v) is 3.07. The second-order valence-corrected chi connectivity index (χ2v) is 5.80. The topological polar surface area (TPSA) is 37.4 Å². The molecule has 1 fully saturated rings.